The molecule has 6 rings (SSSR count). The van der Waals surface area contributed by atoms with E-state index < -0.39 is 0 Å². The monoisotopic (exact) mass is 399 g/mol. The molecule has 5 heteroatoms. The van der Waals surface area contributed by atoms with Gasteiger partial charge in [0, 0.05) is 44.1 Å². The average Bonchev–Trinajstić information content (AvgIpc) is 2.79. The zero-order valence-corrected chi connectivity index (χ0v) is 16.7. The summed E-state index contributed by atoms with van der Waals surface area (Å²) in [5.41, 5.74) is 1.71. The van der Waals surface area contributed by atoms with E-state index in [9.17, 15) is 10.2 Å². The van der Waals surface area contributed by atoms with Crippen molar-refractivity contribution in [2.45, 2.75) is 0 Å². The maximum atomic E-state index is 9.83. The van der Waals surface area contributed by atoms with Gasteiger partial charge in [-0.2, -0.15) is 0 Å². The first kappa shape index (κ1) is 20.3. The fourth-order valence-electron chi connectivity index (χ4n) is 3.79. The molecule has 2 N–H and O–H groups in total. The SMILES string of the molecule is Oc1cccc2ccc3cccnc3c12.Oc1cccc2ccc3cccnc3c12.[Be]. The molecule has 0 aliphatic rings. The quantitative estimate of drug-likeness (QED) is 0.250. The second-order valence-electron chi connectivity index (χ2n) is 7.03. The van der Waals surface area contributed by atoms with Gasteiger partial charge >= 0.3 is 0 Å². The Balaban J connectivity index is 0.000000144. The first-order valence-corrected chi connectivity index (χ1v) is 9.63. The van der Waals surface area contributed by atoms with E-state index in [4.69, 9.17) is 0 Å². The van der Waals surface area contributed by atoms with Crippen LogP contribution in [0.2, 0.25) is 0 Å². The van der Waals surface area contributed by atoms with E-state index in [1.54, 1.807) is 24.5 Å². The summed E-state index contributed by atoms with van der Waals surface area (Å²) in [7, 11) is 0. The largest absolute Gasteiger partial charge is 0.507 e. The minimum atomic E-state index is 0. The van der Waals surface area contributed by atoms with E-state index >= 15 is 0 Å². The van der Waals surface area contributed by atoms with Gasteiger partial charge in [0.2, 0.25) is 0 Å². The Kier molecular flexibility index (Phi) is 5.48. The molecule has 0 aliphatic heterocycles. The number of hydrogen-bond donors (Lipinski definition) is 2. The fourth-order valence-corrected chi connectivity index (χ4v) is 3.79. The van der Waals surface area contributed by atoms with E-state index in [1.807, 2.05) is 72.8 Å². The predicted molar refractivity (Wildman–Crippen MR) is 128 cm³/mol. The molecule has 0 saturated heterocycles. The van der Waals surface area contributed by atoms with Gasteiger partial charge in [0.05, 0.1) is 11.0 Å². The molecule has 0 amide bonds. The van der Waals surface area contributed by atoms with Crippen LogP contribution >= 0.6 is 0 Å². The number of hydrogen-bond acceptors (Lipinski definition) is 4. The summed E-state index contributed by atoms with van der Waals surface area (Å²) < 4.78 is 0. The summed E-state index contributed by atoms with van der Waals surface area (Å²) in [5, 5.41) is 25.4. The number of phenols is 2. The Hall–Kier alpha value is -4.01. The molecular formula is C26H18BeN2O2. The number of rotatable bonds is 0. The summed E-state index contributed by atoms with van der Waals surface area (Å²) in [5.74, 6) is 0.577. The first-order valence-electron chi connectivity index (χ1n) is 9.63. The smallest absolute Gasteiger partial charge is 0.125 e. The number of pyridine rings is 2. The molecule has 0 unspecified atom stereocenters. The molecule has 2 aromatic heterocycles. The number of nitrogens with zero attached hydrogens (tertiary/aromatic N) is 2. The fraction of sp³-hybridized carbons (Fsp3) is 0. The van der Waals surface area contributed by atoms with Crippen molar-refractivity contribution in [2.24, 2.45) is 0 Å². The Morgan fingerprint density at radius 2 is 0.839 bits per heavy atom. The van der Waals surface area contributed by atoms with E-state index in [-0.39, 0.29) is 21.6 Å². The van der Waals surface area contributed by atoms with E-state index in [0.717, 1.165) is 43.4 Å². The van der Waals surface area contributed by atoms with Gasteiger partial charge in [0.15, 0.2) is 0 Å². The molecular weight excluding hydrogens is 381 g/mol. The zero-order chi connectivity index (χ0) is 20.5. The Morgan fingerprint density at radius 3 is 1.29 bits per heavy atom. The summed E-state index contributed by atoms with van der Waals surface area (Å²) in [4.78, 5) is 8.62. The van der Waals surface area contributed by atoms with Crippen molar-refractivity contribution in [3.63, 3.8) is 0 Å². The third kappa shape index (κ3) is 3.65. The Bertz CT molecular complexity index is 1420. The normalized spacial score (nSPS) is 10.6. The summed E-state index contributed by atoms with van der Waals surface area (Å²) in [6.07, 6.45) is 3.49. The van der Waals surface area contributed by atoms with Crippen molar-refractivity contribution in [1.82, 2.24) is 9.97 Å². The molecule has 146 valence electrons. The standard InChI is InChI=1S/2C13H9NO.Be/c2*15-11-5-1-3-9-6-7-10-4-2-8-14-13(10)12(9)11;/h2*1-8,15H;. The maximum Gasteiger partial charge on any atom is 0.125 e. The third-order valence-electron chi connectivity index (χ3n) is 5.19. The Morgan fingerprint density at radius 1 is 0.452 bits per heavy atom. The van der Waals surface area contributed by atoms with Gasteiger partial charge in [-0.25, -0.2) is 0 Å². The predicted octanol–water partition coefficient (Wildman–Crippen LogP) is 5.81. The summed E-state index contributed by atoms with van der Waals surface area (Å²) in [6, 6.07) is 26.8. The maximum absolute atomic E-state index is 9.83. The minimum Gasteiger partial charge on any atom is -0.507 e. The van der Waals surface area contributed by atoms with Crippen LogP contribution in [0.4, 0.5) is 0 Å². The van der Waals surface area contributed by atoms with Gasteiger partial charge in [-0.1, -0.05) is 60.7 Å². The van der Waals surface area contributed by atoms with Crippen LogP contribution in [-0.4, -0.2) is 30.3 Å². The van der Waals surface area contributed by atoms with Crippen LogP contribution in [-0.2, 0) is 0 Å². The van der Waals surface area contributed by atoms with Gasteiger partial charge in [0.1, 0.15) is 11.5 Å². The number of aromatic nitrogens is 2. The second-order valence-corrected chi connectivity index (χ2v) is 7.03. The molecule has 0 aliphatic carbocycles. The molecule has 0 atom stereocenters. The number of aromatic hydroxyl groups is 2. The number of fused-ring (bicyclic) bond motifs is 6. The van der Waals surface area contributed by atoms with Gasteiger partial charge in [0.25, 0.3) is 0 Å². The molecule has 0 fully saturated rings. The molecule has 6 aromatic rings. The topological polar surface area (TPSA) is 66.2 Å². The molecule has 0 saturated carbocycles. The van der Waals surface area contributed by atoms with Crippen molar-refractivity contribution in [3.05, 3.63) is 97.3 Å². The van der Waals surface area contributed by atoms with Gasteiger partial charge in [-0.05, 0) is 35.0 Å². The average molecular weight is 399 g/mol. The minimum absolute atomic E-state index is 0. The number of phenolic OH excluding ortho intramolecular Hbond substituents is 2. The van der Waals surface area contributed by atoms with E-state index in [0.29, 0.717) is 0 Å². The second kappa shape index (κ2) is 8.39. The van der Waals surface area contributed by atoms with Gasteiger partial charge in [-0.15, -0.1) is 0 Å². The van der Waals surface area contributed by atoms with Crippen molar-refractivity contribution in [2.75, 3.05) is 0 Å². The van der Waals surface area contributed by atoms with Crippen molar-refractivity contribution < 1.29 is 10.2 Å². The third-order valence-corrected chi connectivity index (χ3v) is 5.19. The van der Waals surface area contributed by atoms with Crippen LogP contribution in [0.3, 0.4) is 0 Å². The molecule has 31 heavy (non-hydrogen) atoms. The van der Waals surface area contributed by atoms with Crippen molar-refractivity contribution in [1.29, 1.82) is 0 Å². The molecule has 2 radical (unpaired) electrons. The van der Waals surface area contributed by atoms with Crippen LogP contribution in [0, 0.1) is 0 Å². The molecule has 4 aromatic carbocycles. The molecule has 0 bridgehead atoms. The van der Waals surface area contributed by atoms with Crippen molar-refractivity contribution >= 4 is 53.5 Å². The first-order chi connectivity index (χ1) is 14.7. The van der Waals surface area contributed by atoms with Crippen LogP contribution in [0.25, 0.3) is 43.4 Å². The molecule has 4 nitrogen and oxygen atoms in total. The molecule has 2 heterocycles. The van der Waals surface area contributed by atoms with Gasteiger partial charge < -0.3 is 10.2 Å². The van der Waals surface area contributed by atoms with Crippen LogP contribution in [0.1, 0.15) is 0 Å². The summed E-state index contributed by atoms with van der Waals surface area (Å²) in [6.45, 7) is 0. The van der Waals surface area contributed by atoms with Crippen LogP contribution in [0.15, 0.2) is 97.3 Å². The van der Waals surface area contributed by atoms with Crippen molar-refractivity contribution in [3.8, 4) is 11.5 Å². The van der Waals surface area contributed by atoms with E-state index in [2.05, 4.69) is 9.97 Å². The van der Waals surface area contributed by atoms with Crippen LogP contribution < -0.4 is 0 Å². The number of benzene rings is 4. The van der Waals surface area contributed by atoms with Crippen LogP contribution in [0.5, 0.6) is 11.5 Å². The molecule has 0 spiro atoms. The van der Waals surface area contributed by atoms with Gasteiger partial charge in [-0.3, -0.25) is 9.97 Å². The Labute approximate surface area is 182 Å². The summed E-state index contributed by atoms with van der Waals surface area (Å²) >= 11 is 0. The van der Waals surface area contributed by atoms with E-state index in [1.165, 1.54) is 0 Å². The zero-order valence-electron chi connectivity index (χ0n) is 16.7.